The van der Waals surface area contributed by atoms with Gasteiger partial charge in [-0.05, 0) is 56.2 Å². The molecular weight excluding hydrogens is 290 g/mol. The van der Waals surface area contributed by atoms with Crippen molar-refractivity contribution in [2.24, 2.45) is 5.73 Å². The molecule has 18 heavy (non-hydrogen) atoms. The summed E-state index contributed by atoms with van der Waals surface area (Å²) in [6.45, 7) is 0.953. The Morgan fingerprint density at radius 3 is 3.06 bits per heavy atom. The van der Waals surface area contributed by atoms with Gasteiger partial charge in [0, 0.05) is 17.1 Å². The van der Waals surface area contributed by atoms with Crippen molar-refractivity contribution in [3.8, 4) is 0 Å². The Hall–Kier alpha value is -0.380. The molecule has 2 atom stereocenters. The Morgan fingerprint density at radius 2 is 2.33 bits per heavy atom. The van der Waals surface area contributed by atoms with Crippen LogP contribution in [0.25, 0.3) is 0 Å². The van der Waals surface area contributed by atoms with Crippen LogP contribution in [0.3, 0.4) is 0 Å². The summed E-state index contributed by atoms with van der Waals surface area (Å²) in [5.41, 5.74) is 7.50. The van der Waals surface area contributed by atoms with Crippen molar-refractivity contribution < 1.29 is 4.74 Å². The zero-order valence-corrected chi connectivity index (χ0v) is 12.4. The van der Waals surface area contributed by atoms with E-state index in [0.29, 0.717) is 6.10 Å². The first kappa shape index (κ1) is 14.0. The summed E-state index contributed by atoms with van der Waals surface area (Å²) < 4.78 is 6.75. The zero-order chi connectivity index (χ0) is 12.8. The third kappa shape index (κ3) is 4.71. The third-order valence-electron chi connectivity index (χ3n) is 3.51. The molecule has 100 valence electrons. The Labute approximate surface area is 118 Å². The highest BCUT2D eigenvalue weighted by atomic mass is 79.9. The highest BCUT2D eigenvalue weighted by Gasteiger charge is 2.15. The highest BCUT2D eigenvalue weighted by Crippen LogP contribution is 2.19. The van der Waals surface area contributed by atoms with Crippen LogP contribution in [-0.4, -0.2) is 18.8 Å². The first-order valence-corrected chi connectivity index (χ1v) is 7.65. The first-order chi connectivity index (χ1) is 8.74. The minimum atomic E-state index is 0.265. The van der Waals surface area contributed by atoms with E-state index in [1.807, 2.05) is 6.07 Å². The van der Waals surface area contributed by atoms with Gasteiger partial charge in [-0.15, -0.1) is 0 Å². The lowest BCUT2D eigenvalue weighted by Crippen LogP contribution is -2.23. The fourth-order valence-corrected chi connectivity index (χ4v) is 3.00. The molecular formula is C15H22BrNO. The summed E-state index contributed by atoms with van der Waals surface area (Å²) in [5, 5.41) is 0. The van der Waals surface area contributed by atoms with Gasteiger partial charge in [0.1, 0.15) is 0 Å². The van der Waals surface area contributed by atoms with Crippen LogP contribution in [0.4, 0.5) is 0 Å². The molecule has 0 aliphatic carbocycles. The van der Waals surface area contributed by atoms with E-state index in [1.165, 1.54) is 31.2 Å². The normalized spacial score (nSPS) is 21.1. The van der Waals surface area contributed by atoms with Gasteiger partial charge < -0.3 is 10.5 Å². The molecule has 0 radical (unpaired) electrons. The summed E-state index contributed by atoms with van der Waals surface area (Å²) in [7, 11) is 0. The Bertz CT molecular complexity index is 363. The summed E-state index contributed by atoms with van der Waals surface area (Å²) in [6, 6.07) is 8.68. The molecule has 0 spiro atoms. The molecule has 2 rings (SSSR count). The van der Waals surface area contributed by atoms with Crippen molar-refractivity contribution in [2.45, 2.75) is 50.7 Å². The standard InChI is InChI=1S/C15H22BrNO/c16-13-5-1-4-12(10-13)11-14(17)6-2-7-15-8-3-9-18-15/h1,4-5,10,14-15H,2-3,6-9,11,17H2. The molecule has 1 aliphatic heterocycles. The second kappa shape index (κ2) is 7.27. The maximum Gasteiger partial charge on any atom is 0.0576 e. The van der Waals surface area contributed by atoms with E-state index in [2.05, 4.69) is 34.1 Å². The SMILES string of the molecule is NC(CCCC1CCCO1)Cc1cccc(Br)c1. The molecule has 0 aromatic heterocycles. The molecule has 2 unspecified atom stereocenters. The predicted octanol–water partition coefficient (Wildman–Crippen LogP) is 3.67. The van der Waals surface area contributed by atoms with E-state index in [4.69, 9.17) is 10.5 Å². The second-order valence-corrected chi connectivity index (χ2v) is 6.08. The molecule has 1 fully saturated rings. The second-order valence-electron chi connectivity index (χ2n) is 5.16. The molecule has 1 saturated heterocycles. The molecule has 1 aromatic rings. The Balaban J connectivity index is 1.66. The van der Waals surface area contributed by atoms with Crippen LogP contribution in [0.15, 0.2) is 28.7 Å². The van der Waals surface area contributed by atoms with E-state index in [0.717, 1.165) is 23.9 Å². The van der Waals surface area contributed by atoms with Crippen molar-refractivity contribution in [1.29, 1.82) is 0 Å². The van der Waals surface area contributed by atoms with E-state index in [-0.39, 0.29) is 6.04 Å². The van der Waals surface area contributed by atoms with E-state index in [9.17, 15) is 0 Å². The van der Waals surface area contributed by atoms with E-state index in [1.54, 1.807) is 0 Å². The molecule has 3 heteroatoms. The maximum atomic E-state index is 6.18. The Kier molecular flexibility index (Phi) is 5.67. The summed E-state index contributed by atoms with van der Waals surface area (Å²) in [6.07, 6.45) is 7.38. The molecule has 0 saturated carbocycles. The fourth-order valence-electron chi connectivity index (χ4n) is 2.55. The summed E-state index contributed by atoms with van der Waals surface area (Å²) in [5.74, 6) is 0. The van der Waals surface area contributed by atoms with Gasteiger partial charge in [0.05, 0.1) is 6.10 Å². The van der Waals surface area contributed by atoms with Crippen molar-refractivity contribution in [2.75, 3.05) is 6.61 Å². The molecule has 0 bridgehead atoms. The number of rotatable bonds is 6. The number of halogens is 1. The third-order valence-corrected chi connectivity index (χ3v) is 4.01. The molecule has 1 aromatic carbocycles. The van der Waals surface area contributed by atoms with Crippen molar-refractivity contribution in [3.63, 3.8) is 0 Å². The number of ether oxygens (including phenoxy) is 1. The van der Waals surface area contributed by atoms with Crippen LogP contribution < -0.4 is 5.73 Å². The quantitative estimate of drug-likeness (QED) is 0.870. The van der Waals surface area contributed by atoms with Crippen LogP contribution in [0.1, 0.15) is 37.7 Å². The van der Waals surface area contributed by atoms with Crippen LogP contribution in [0.2, 0.25) is 0 Å². The lowest BCUT2D eigenvalue weighted by molar-refractivity contribution is 0.101. The maximum absolute atomic E-state index is 6.18. The lowest BCUT2D eigenvalue weighted by Gasteiger charge is -2.14. The van der Waals surface area contributed by atoms with Crippen molar-refractivity contribution in [3.05, 3.63) is 34.3 Å². The molecule has 2 nitrogen and oxygen atoms in total. The van der Waals surface area contributed by atoms with Gasteiger partial charge in [-0.1, -0.05) is 28.1 Å². The highest BCUT2D eigenvalue weighted by molar-refractivity contribution is 9.10. The van der Waals surface area contributed by atoms with Crippen LogP contribution in [-0.2, 0) is 11.2 Å². The number of hydrogen-bond acceptors (Lipinski definition) is 2. The molecule has 0 amide bonds. The van der Waals surface area contributed by atoms with Gasteiger partial charge in [0.25, 0.3) is 0 Å². The minimum Gasteiger partial charge on any atom is -0.378 e. The predicted molar refractivity (Wildman–Crippen MR) is 78.6 cm³/mol. The van der Waals surface area contributed by atoms with Gasteiger partial charge in [-0.3, -0.25) is 0 Å². The topological polar surface area (TPSA) is 35.2 Å². The summed E-state index contributed by atoms with van der Waals surface area (Å²) >= 11 is 3.49. The van der Waals surface area contributed by atoms with Crippen molar-refractivity contribution in [1.82, 2.24) is 0 Å². The number of hydrogen-bond donors (Lipinski definition) is 1. The van der Waals surface area contributed by atoms with Gasteiger partial charge in [-0.2, -0.15) is 0 Å². The van der Waals surface area contributed by atoms with Crippen LogP contribution in [0, 0.1) is 0 Å². The van der Waals surface area contributed by atoms with Gasteiger partial charge in [0.15, 0.2) is 0 Å². The minimum absolute atomic E-state index is 0.265. The van der Waals surface area contributed by atoms with E-state index < -0.39 is 0 Å². The van der Waals surface area contributed by atoms with Gasteiger partial charge in [0.2, 0.25) is 0 Å². The smallest absolute Gasteiger partial charge is 0.0576 e. The average molecular weight is 312 g/mol. The molecule has 2 N–H and O–H groups in total. The molecule has 1 heterocycles. The number of benzene rings is 1. The van der Waals surface area contributed by atoms with Crippen molar-refractivity contribution >= 4 is 15.9 Å². The Morgan fingerprint density at radius 1 is 1.44 bits per heavy atom. The first-order valence-electron chi connectivity index (χ1n) is 6.85. The van der Waals surface area contributed by atoms with Gasteiger partial charge in [-0.25, -0.2) is 0 Å². The van der Waals surface area contributed by atoms with Gasteiger partial charge >= 0.3 is 0 Å². The molecule has 1 aliphatic rings. The number of nitrogens with two attached hydrogens (primary N) is 1. The largest absolute Gasteiger partial charge is 0.378 e. The fraction of sp³-hybridized carbons (Fsp3) is 0.600. The zero-order valence-electron chi connectivity index (χ0n) is 10.8. The van der Waals surface area contributed by atoms with Crippen LogP contribution >= 0.6 is 15.9 Å². The average Bonchev–Trinajstić information content (AvgIpc) is 2.82. The monoisotopic (exact) mass is 311 g/mol. The summed E-state index contributed by atoms with van der Waals surface area (Å²) in [4.78, 5) is 0. The lowest BCUT2D eigenvalue weighted by atomic mass is 10.00. The van der Waals surface area contributed by atoms with E-state index >= 15 is 0 Å². The van der Waals surface area contributed by atoms with Crippen LogP contribution in [0.5, 0.6) is 0 Å².